The van der Waals surface area contributed by atoms with Crippen molar-refractivity contribution in [3.63, 3.8) is 0 Å². The number of carbonyl (C=O) groups is 3. The summed E-state index contributed by atoms with van der Waals surface area (Å²) in [5, 5.41) is 11.5. The van der Waals surface area contributed by atoms with Gasteiger partial charge in [0.1, 0.15) is 17.9 Å². The monoisotopic (exact) mass is 396 g/mol. The molecule has 1 heterocycles. The number of rotatable bonds is 5. The normalized spacial score (nSPS) is 15.5. The van der Waals surface area contributed by atoms with Gasteiger partial charge in [-0.15, -0.1) is 0 Å². The van der Waals surface area contributed by atoms with E-state index in [0.717, 1.165) is 5.56 Å². The average Bonchev–Trinajstić information content (AvgIpc) is 2.69. The molecule has 0 radical (unpaired) electrons. The number of ether oxygens (including phenoxy) is 1. The molecule has 7 nitrogen and oxygen atoms in total. The van der Waals surface area contributed by atoms with Crippen molar-refractivity contribution in [3.8, 4) is 5.75 Å². The zero-order valence-corrected chi connectivity index (χ0v) is 15.7. The summed E-state index contributed by atoms with van der Waals surface area (Å²) in [6, 6.07) is 13.3. The highest BCUT2D eigenvalue weighted by molar-refractivity contribution is 7.80. The minimum absolute atomic E-state index is 0.00439. The molecule has 0 saturated carbocycles. The van der Waals surface area contributed by atoms with Crippen LogP contribution in [0.2, 0.25) is 0 Å². The van der Waals surface area contributed by atoms with Gasteiger partial charge in [-0.05, 0) is 53.7 Å². The third-order valence-electron chi connectivity index (χ3n) is 4.08. The Balaban J connectivity index is 1.69. The molecule has 0 spiro atoms. The first kappa shape index (κ1) is 19.2. The van der Waals surface area contributed by atoms with Crippen LogP contribution in [0.25, 0.3) is 6.08 Å². The van der Waals surface area contributed by atoms with Gasteiger partial charge < -0.3 is 9.84 Å². The molecule has 3 rings (SSSR count). The van der Waals surface area contributed by atoms with Crippen molar-refractivity contribution in [1.29, 1.82) is 0 Å². The first-order valence-corrected chi connectivity index (χ1v) is 8.66. The number of nitrogens with one attached hydrogen (secondary N) is 1. The van der Waals surface area contributed by atoms with Crippen molar-refractivity contribution in [3.05, 3.63) is 70.8 Å². The lowest BCUT2D eigenvalue weighted by atomic mass is 10.1. The van der Waals surface area contributed by atoms with E-state index in [9.17, 15) is 14.4 Å². The van der Waals surface area contributed by atoms with E-state index in [1.807, 2.05) is 0 Å². The van der Waals surface area contributed by atoms with Crippen LogP contribution in [0.5, 0.6) is 5.75 Å². The van der Waals surface area contributed by atoms with E-state index in [2.05, 4.69) is 5.32 Å². The molecule has 0 unspecified atom stereocenters. The van der Waals surface area contributed by atoms with E-state index < -0.39 is 17.8 Å². The quantitative estimate of drug-likeness (QED) is 0.457. The van der Waals surface area contributed by atoms with Crippen LogP contribution in [0.1, 0.15) is 21.5 Å². The maximum Gasteiger partial charge on any atom is 0.335 e. The molecule has 0 aliphatic carbocycles. The average molecular weight is 396 g/mol. The number of hydrogen-bond donors (Lipinski definition) is 2. The SMILES string of the molecule is CN1C(=O)/C(=C/c2ccc(OCc3cccc(C(=O)O)c3)cc2)C(=O)NC1=S. The molecule has 2 aromatic carbocycles. The van der Waals surface area contributed by atoms with Crippen LogP contribution < -0.4 is 10.1 Å². The third kappa shape index (κ3) is 4.24. The summed E-state index contributed by atoms with van der Waals surface area (Å²) in [7, 11) is 1.49. The number of aromatic carboxylic acids is 1. The number of nitrogens with zero attached hydrogens (tertiary/aromatic N) is 1. The van der Waals surface area contributed by atoms with Gasteiger partial charge in [0.2, 0.25) is 0 Å². The molecular formula is C20H16N2O5S. The van der Waals surface area contributed by atoms with Gasteiger partial charge in [0.15, 0.2) is 5.11 Å². The fourth-order valence-electron chi connectivity index (χ4n) is 2.53. The summed E-state index contributed by atoms with van der Waals surface area (Å²) in [6.07, 6.45) is 1.48. The Kier molecular flexibility index (Phi) is 5.51. The number of carboxylic acids is 1. The molecule has 2 amide bonds. The second kappa shape index (κ2) is 8.01. The zero-order valence-electron chi connectivity index (χ0n) is 14.8. The van der Waals surface area contributed by atoms with Crippen molar-refractivity contribution >= 4 is 41.2 Å². The number of thiocarbonyl (C=S) groups is 1. The van der Waals surface area contributed by atoms with Gasteiger partial charge in [0, 0.05) is 7.05 Å². The van der Waals surface area contributed by atoms with Crippen molar-refractivity contribution < 1.29 is 24.2 Å². The van der Waals surface area contributed by atoms with Crippen LogP contribution in [-0.2, 0) is 16.2 Å². The van der Waals surface area contributed by atoms with Crippen molar-refractivity contribution in [2.24, 2.45) is 0 Å². The maximum atomic E-state index is 12.2. The molecule has 8 heteroatoms. The molecule has 0 atom stereocenters. The Morgan fingerprint density at radius 2 is 1.93 bits per heavy atom. The van der Waals surface area contributed by atoms with Crippen LogP contribution in [0.15, 0.2) is 54.1 Å². The molecular weight excluding hydrogens is 380 g/mol. The highest BCUT2D eigenvalue weighted by Gasteiger charge is 2.30. The van der Waals surface area contributed by atoms with Crippen LogP contribution in [0.4, 0.5) is 0 Å². The van der Waals surface area contributed by atoms with E-state index in [-0.39, 0.29) is 22.9 Å². The minimum atomic E-state index is -0.994. The highest BCUT2D eigenvalue weighted by atomic mass is 32.1. The molecule has 1 saturated heterocycles. The molecule has 1 aliphatic heterocycles. The number of hydrogen-bond acceptors (Lipinski definition) is 5. The van der Waals surface area contributed by atoms with Crippen molar-refractivity contribution in [2.75, 3.05) is 7.05 Å². The Labute approximate surface area is 166 Å². The van der Waals surface area contributed by atoms with E-state index in [1.54, 1.807) is 42.5 Å². The minimum Gasteiger partial charge on any atom is -0.489 e. The fourth-order valence-corrected chi connectivity index (χ4v) is 2.71. The summed E-state index contributed by atoms with van der Waals surface area (Å²) in [5.74, 6) is -1.42. The largest absolute Gasteiger partial charge is 0.489 e. The van der Waals surface area contributed by atoms with Gasteiger partial charge in [-0.1, -0.05) is 24.3 Å². The Morgan fingerprint density at radius 1 is 1.21 bits per heavy atom. The summed E-state index contributed by atoms with van der Waals surface area (Å²) in [5.41, 5.74) is 1.58. The highest BCUT2D eigenvalue weighted by Crippen LogP contribution is 2.18. The number of carbonyl (C=O) groups excluding carboxylic acids is 2. The maximum absolute atomic E-state index is 12.2. The standard InChI is InChI=1S/C20H16N2O5S/c1-22-18(24)16(17(23)21-20(22)28)10-12-5-7-15(8-6-12)27-11-13-3-2-4-14(9-13)19(25)26/h2-10H,11H2,1H3,(H,25,26)(H,21,23,28)/b16-10+. The van der Waals surface area contributed by atoms with Gasteiger partial charge in [0.25, 0.3) is 11.8 Å². The number of likely N-dealkylation sites (N-methyl/N-ethyl adjacent to an activating group) is 1. The molecule has 28 heavy (non-hydrogen) atoms. The van der Waals surface area contributed by atoms with Crippen LogP contribution in [0, 0.1) is 0 Å². The van der Waals surface area contributed by atoms with Gasteiger partial charge in [-0.3, -0.25) is 19.8 Å². The second-order valence-corrected chi connectivity index (χ2v) is 6.43. The number of benzene rings is 2. The molecule has 0 bridgehead atoms. The molecule has 2 aromatic rings. The van der Waals surface area contributed by atoms with E-state index >= 15 is 0 Å². The lowest BCUT2D eigenvalue weighted by Crippen LogP contribution is -2.52. The first-order valence-electron chi connectivity index (χ1n) is 8.25. The Bertz CT molecular complexity index is 998. The van der Waals surface area contributed by atoms with Gasteiger partial charge >= 0.3 is 5.97 Å². The summed E-state index contributed by atoms with van der Waals surface area (Å²) in [4.78, 5) is 36.4. The third-order valence-corrected chi connectivity index (χ3v) is 4.45. The second-order valence-electron chi connectivity index (χ2n) is 6.04. The molecule has 1 fully saturated rings. The number of amides is 2. The van der Waals surface area contributed by atoms with Crippen LogP contribution in [0.3, 0.4) is 0 Å². The first-order chi connectivity index (χ1) is 13.3. The summed E-state index contributed by atoms with van der Waals surface area (Å²) in [6.45, 7) is 0.213. The number of carboxylic acid groups (broad SMARTS) is 1. The molecule has 2 N–H and O–H groups in total. The summed E-state index contributed by atoms with van der Waals surface area (Å²) < 4.78 is 5.66. The van der Waals surface area contributed by atoms with E-state index in [0.29, 0.717) is 11.3 Å². The van der Waals surface area contributed by atoms with Crippen molar-refractivity contribution in [2.45, 2.75) is 6.61 Å². The van der Waals surface area contributed by atoms with Crippen LogP contribution >= 0.6 is 12.2 Å². The smallest absolute Gasteiger partial charge is 0.335 e. The molecule has 1 aliphatic rings. The van der Waals surface area contributed by atoms with E-state index in [4.69, 9.17) is 22.1 Å². The molecule has 142 valence electrons. The van der Waals surface area contributed by atoms with Gasteiger partial charge in [0.05, 0.1) is 5.56 Å². The Hall–Kier alpha value is -3.52. The summed E-state index contributed by atoms with van der Waals surface area (Å²) >= 11 is 4.91. The van der Waals surface area contributed by atoms with Gasteiger partial charge in [-0.25, -0.2) is 4.79 Å². The lowest BCUT2D eigenvalue weighted by Gasteiger charge is -2.25. The van der Waals surface area contributed by atoms with Gasteiger partial charge in [-0.2, -0.15) is 0 Å². The lowest BCUT2D eigenvalue weighted by molar-refractivity contribution is -0.128. The topological polar surface area (TPSA) is 95.9 Å². The van der Waals surface area contributed by atoms with Crippen molar-refractivity contribution in [1.82, 2.24) is 10.2 Å². The Morgan fingerprint density at radius 3 is 2.61 bits per heavy atom. The molecule has 0 aromatic heterocycles. The van der Waals surface area contributed by atoms with E-state index in [1.165, 1.54) is 24.1 Å². The fraction of sp³-hybridized carbons (Fsp3) is 0.100. The predicted molar refractivity (Wildman–Crippen MR) is 106 cm³/mol. The zero-order chi connectivity index (χ0) is 20.3. The van der Waals surface area contributed by atoms with Crippen LogP contribution in [-0.4, -0.2) is 40.0 Å². The predicted octanol–water partition coefficient (Wildman–Crippen LogP) is 2.22.